The van der Waals surface area contributed by atoms with Crippen molar-refractivity contribution in [3.8, 4) is 5.69 Å². The number of Topliss-reactive ketones (excluding diaryl/α,β-unsaturated/α-hetero) is 1. The number of imidazole rings is 1. The molecule has 0 aliphatic heterocycles. The number of halogens is 1. The molecule has 1 heterocycles. The lowest BCUT2D eigenvalue weighted by Crippen LogP contribution is -2.24. The van der Waals surface area contributed by atoms with Gasteiger partial charge in [-0.1, -0.05) is 36.4 Å². The van der Waals surface area contributed by atoms with Gasteiger partial charge in [0, 0.05) is 22.2 Å². The Bertz CT molecular complexity index is 1320. The van der Waals surface area contributed by atoms with E-state index in [4.69, 9.17) is 0 Å². The highest BCUT2D eigenvalue weighted by Gasteiger charge is 2.29. The molecule has 0 radical (unpaired) electrons. The van der Waals surface area contributed by atoms with Crippen LogP contribution in [-0.4, -0.2) is 27.0 Å². The van der Waals surface area contributed by atoms with Crippen LogP contribution in [-0.2, 0) is 0 Å². The summed E-state index contributed by atoms with van der Waals surface area (Å²) in [7, 11) is 0. The van der Waals surface area contributed by atoms with E-state index in [0.29, 0.717) is 16.8 Å². The molecular weight excluding hydrogens is 371 g/mol. The van der Waals surface area contributed by atoms with Crippen molar-refractivity contribution < 1.29 is 14.0 Å². The quantitative estimate of drug-likeness (QED) is 0.550. The molecule has 0 atom stereocenters. The molecule has 0 fully saturated rings. The van der Waals surface area contributed by atoms with Crippen LogP contribution in [0.25, 0.3) is 16.5 Å². The zero-order chi connectivity index (χ0) is 20.0. The van der Waals surface area contributed by atoms with E-state index in [1.165, 1.54) is 41.4 Å². The first-order chi connectivity index (χ1) is 14.1. The average molecular weight is 384 g/mol. The van der Waals surface area contributed by atoms with Gasteiger partial charge in [0.2, 0.25) is 5.78 Å². The lowest BCUT2D eigenvalue weighted by Gasteiger charge is -2.07. The summed E-state index contributed by atoms with van der Waals surface area (Å²) < 4.78 is 14.7. The molecule has 0 saturated heterocycles. The number of ketones is 1. The Morgan fingerprint density at radius 2 is 1.72 bits per heavy atom. The molecule has 0 saturated carbocycles. The zero-order valence-corrected chi connectivity index (χ0v) is 15.0. The Hall–Kier alpha value is -4.13. The first kappa shape index (κ1) is 17.0. The summed E-state index contributed by atoms with van der Waals surface area (Å²) in [6.07, 6.45) is 2.83. The Morgan fingerprint density at radius 1 is 1.00 bits per heavy atom. The van der Waals surface area contributed by atoms with Crippen molar-refractivity contribution in [3.63, 3.8) is 0 Å². The topological polar surface area (TPSA) is 76.3 Å². The average Bonchev–Trinajstić information content (AvgIpc) is 3.33. The first-order valence-electron chi connectivity index (χ1n) is 8.86. The van der Waals surface area contributed by atoms with Crippen LogP contribution < -0.4 is 5.43 Å². The van der Waals surface area contributed by atoms with Gasteiger partial charge in [0.25, 0.3) is 5.91 Å². The molecule has 6 nitrogen and oxygen atoms in total. The molecule has 0 unspecified atom stereocenters. The maximum Gasteiger partial charge on any atom is 0.290 e. The third-order valence-electron chi connectivity index (χ3n) is 4.86. The number of hydrogen-bond donors (Lipinski definition) is 1. The minimum atomic E-state index is -0.532. The summed E-state index contributed by atoms with van der Waals surface area (Å²) in [5.74, 6) is -1.14. The monoisotopic (exact) mass is 384 g/mol. The van der Waals surface area contributed by atoms with Gasteiger partial charge in [0.1, 0.15) is 17.2 Å². The van der Waals surface area contributed by atoms with E-state index in [1.807, 2.05) is 30.3 Å². The molecule has 1 aliphatic carbocycles. The van der Waals surface area contributed by atoms with Gasteiger partial charge in [0.05, 0.1) is 12.5 Å². The van der Waals surface area contributed by atoms with Gasteiger partial charge in [-0.25, -0.2) is 14.8 Å². The summed E-state index contributed by atoms with van der Waals surface area (Å²) in [6, 6.07) is 16.8. The van der Waals surface area contributed by atoms with E-state index in [2.05, 4.69) is 15.5 Å². The van der Waals surface area contributed by atoms with Crippen molar-refractivity contribution in [2.45, 2.75) is 0 Å². The predicted octanol–water partition coefficient (Wildman–Crippen LogP) is 3.50. The predicted molar refractivity (Wildman–Crippen MR) is 106 cm³/mol. The SMILES string of the molecule is O=C1C(=NNC(=O)c2cncn2-c2ccc(F)cc2)c2cccc3cccc1c23. The lowest BCUT2D eigenvalue weighted by molar-refractivity contribution is 0.0948. The molecule has 1 aliphatic rings. The molecule has 1 amide bonds. The fourth-order valence-corrected chi connectivity index (χ4v) is 3.52. The van der Waals surface area contributed by atoms with Crippen LogP contribution in [0.5, 0.6) is 0 Å². The lowest BCUT2D eigenvalue weighted by atomic mass is 10.1. The highest BCUT2D eigenvalue weighted by molar-refractivity contribution is 6.59. The summed E-state index contributed by atoms with van der Waals surface area (Å²) >= 11 is 0. The fraction of sp³-hybridized carbons (Fsp3) is 0. The van der Waals surface area contributed by atoms with Crippen molar-refractivity contribution in [1.82, 2.24) is 15.0 Å². The highest BCUT2D eigenvalue weighted by Crippen LogP contribution is 2.30. The molecule has 7 heteroatoms. The number of hydrogen-bond acceptors (Lipinski definition) is 4. The van der Waals surface area contributed by atoms with Crippen LogP contribution >= 0.6 is 0 Å². The number of nitrogens with one attached hydrogen (secondary N) is 1. The summed E-state index contributed by atoms with van der Waals surface area (Å²) in [6.45, 7) is 0. The number of carbonyl (C=O) groups excluding carboxylic acids is 2. The third-order valence-corrected chi connectivity index (χ3v) is 4.86. The molecule has 4 aromatic rings. The normalized spacial score (nSPS) is 14.0. The van der Waals surface area contributed by atoms with Crippen molar-refractivity contribution >= 4 is 28.2 Å². The number of carbonyl (C=O) groups is 2. The number of hydrazone groups is 1. The molecule has 0 bridgehead atoms. The number of amides is 1. The van der Waals surface area contributed by atoms with Crippen molar-refractivity contribution in [2.24, 2.45) is 5.10 Å². The van der Waals surface area contributed by atoms with E-state index in [0.717, 1.165) is 10.8 Å². The Morgan fingerprint density at radius 3 is 2.48 bits per heavy atom. The molecule has 1 aromatic heterocycles. The molecule has 0 spiro atoms. The minimum Gasteiger partial charge on any atom is -0.295 e. The van der Waals surface area contributed by atoms with E-state index >= 15 is 0 Å². The molecule has 3 aromatic carbocycles. The number of benzene rings is 3. The molecular formula is C22H13FN4O2. The van der Waals surface area contributed by atoms with Gasteiger partial charge in [0.15, 0.2) is 0 Å². The van der Waals surface area contributed by atoms with Crippen molar-refractivity contribution in [3.05, 3.63) is 95.8 Å². The Kier molecular flexibility index (Phi) is 3.80. The molecule has 5 rings (SSSR count). The van der Waals surface area contributed by atoms with Crippen LogP contribution in [0.3, 0.4) is 0 Å². The van der Waals surface area contributed by atoms with Gasteiger partial charge in [-0.05, 0) is 29.7 Å². The number of aromatic nitrogens is 2. The van der Waals surface area contributed by atoms with E-state index < -0.39 is 5.91 Å². The zero-order valence-electron chi connectivity index (χ0n) is 15.0. The summed E-state index contributed by atoms with van der Waals surface area (Å²) in [5.41, 5.74) is 4.69. The Labute approximate surface area is 164 Å². The largest absolute Gasteiger partial charge is 0.295 e. The fourth-order valence-electron chi connectivity index (χ4n) is 3.52. The number of nitrogens with zero attached hydrogens (tertiary/aromatic N) is 3. The summed E-state index contributed by atoms with van der Waals surface area (Å²) in [4.78, 5) is 29.4. The second-order valence-corrected chi connectivity index (χ2v) is 6.57. The second-order valence-electron chi connectivity index (χ2n) is 6.57. The van der Waals surface area contributed by atoms with Crippen LogP contribution in [0.4, 0.5) is 4.39 Å². The van der Waals surface area contributed by atoms with E-state index in [1.54, 1.807) is 6.07 Å². The third kappa shape index (κ3) is 2.71. The van der Waals surface area contributed by atoms with Crippen molar-refractivity contribution in [2.75, 3.05) is 0 Å². The smallest absolute Gasteiger partial charge is 0.290 e. The van der Waals surface area contributed by atoms with Crippen LogP contribution in [0.15, 0.2) is 78.3 Å². The van der Waals surface area contributed by atoms with Crippen molar-refractivity contribution in [1.29, 1.82) is 0 Å². The summed E-state index contributed by atoms with van der Waals surface area (Å²) in [5, 5.41) is 5.90. The van der Waals surface area contributed by atoms with Crippen LogP contribution in [0.1, 0.15) is 26.4 Å². The van der Waals surface area contributed by atoms with Gasteiger partial charge in [-0.3, -0.25) is 14.2 Å². The van der Waals surface area contributed by atoms with Gasteiger partial charge < -0.3 is 0 Å². The van der Waals surface area contributed by atoms with E-state index in [-0.39, 0.29) is 23.0 Å². The molecule has 140 valence electrons. The molecule has 29 heavy (non-hydrogen) atoms. The number of rotatable bonds is 3. The van der Waals surface area contributed by atoms with Gasteiger partial charge >= 0.3 is 0 Å². The maximum absolute atomic E-state index is 13.2. The molecule has 1 N–H and O–H groups in total. The standard InChI is InChI=1S/C22H13FN4O2/c23-14-7-9-15(10-8-14)27-12-24-11-18(27)22(29)26-25-20-16-5-1-3-13-4-2-6-17(19(13)16)21(20)28/h1-12H,(H,26,29). The first-order valence-corrected chi connectivity index (χ1v) is 8.86. The van der Waals surface area contributed by atoms with Crippen LogP contribution in [0.2, 0.25) is 0 Å². The van der Waals surface area contributed by atoms with Gasteiger partial charge in [-0.15, -0.1) is 0 Å². The highest BCUT2D eigenvalue weighted by atomic mass is 19.1. The minimum absolute atomic E-state index is 0.193. The Balaban J connectivity index is 1.47. The van der Waals surface area contributed by atoms with E-state index in [9.17, 15) is 14.0 Å². The maximum atomic E-state index is 13.2. The van der Waals surface area contributed by atoms with Gasteiger partial charge in [-0.2, -0.15) is 5.10 Å². The van der Waals surface area contributed by atoms with Crippen LogP contribution in [0, 0.1) is 5.82 Å². The second kappa shape index (κ2) is 6.49.